The lowest BCUT2D eigenvalue weighted by atomic mass is 9.89. The fraction of sp³-hybridized carbons (Fsp3) is 0.571. The molecular weight excluding hydrogens is 214 g/mol. The number of nitrogens with one attached hydrogen (secondary N) is 1. The minimum absolute atomic E-state index is 0.0105. The average Bonchev–Trinajstić information content (AvgIpc) is 2.31. The monoisotopic (exact) mass is 237 g/mol. The van der Waals surface area contributed by atoms with Gasteiger partial charge >= 0.3 is 0 Å². The van der Waals surface area contributed by atoms with Gasteiger partial charge in [-0.2, -0.15) is 0 Å². The Labute approximate surface area is 103 Å². The first kappa shape index (κ1) is 14.0. The lowest BCUT2D eigenvalue weighted by Crippen LogP contribution is -2.20. The fourth-order valence-electron chi connectivity index (χ4n) is 1.65. The normalized spacial score (nSPS) is 11.7. The molecule has 0 heterocycles. The molecule has 1 aromatic rings. The van der Waals surface area contributed by atoms with Gasteiger partial charge in [-0.25, -0.2) is 0 Å². The maximum atomic E-state index is 9.56. The van der Waals surface area contributed by atoms with Crippen LogP contribution in [0.5, 0.6) is 5.75 Å². The largest absolute Gasteiger partial charge is 0.508 e. The molecule has 0 aliphatic heterocycles. The number of aliphatic hydroxyl groups is 1. The molecule has 0 saturated heterocycles. The average molecular weight is 237 g/mol. The molecule has 0 saturated carbocycles. The molecule has 0 aromatic heterocycles. The van der Waals surface area contributed by atoms with Gasteiger partial charge in [0.05, 0.1) is 0 Å². The van der Waals surface area contributed by atoms with Gasteiger partial charge in [-0.05, 0) is 30.9 Å². The molecule has 0 amide bonds. The molecule has 96 valence electrons. The van der Waals surface area contributed by atoms with Crippen molar-refractivity contribution in [2.45, 2.75) is 33.2 Å². The van der Waals surface area contributed by atoms with E-state index in [0.29, 0.717) is 12.3 Å². The van der Waals surface area contributed by atoms with Gasteiger partial charge in [0.15, 0.2) is 0 Å². The summed E-state index contributed by atoms with van der Waals surface area (Å²) in [6.07, 6.45) is 2.03. The Morgan fingerprint density at radius 3 is 2.59 bits per heavy atom. The zero-order valence-electron chi connectivity index (χ0n) is 10.7. The SMILES string of the molecule is CC(C)(CO)CCCNCc1ccccc1O. The molecule has 3 nitrogen and oxygen atoms in total. The third kappa shape index (κ3) is 5.20. The quantitative estimate of drug-likeness (QED) is 0.638. The van der Waals surface area contributed by atoms with Crippen molar-refractivity contribution in [1.29, 1.82) is 0 Å². The zero-order valence-corrected chi connectivity index (χ0v) is 10.7. The van der Waals surface area contributed by atoms with E-state index in [4.69, 9.17) is 5.11 Å². The Hall–Kier alpha value is -1.06. The maximum absolute atomic E-state index is 9.56. The van der Waals surface area contributed by atoms with Crippen LogP contribution in [0.1, 0.15) is 32.3 Å². The van der Waals surface area contributed by atoms with E-state index >= 15 is 0 Å². The van der Waals surface area contributed by atoms with E-state index in [1.54, 1.807) is 6.07 Å². The van der Waals surface area contributed by atoms with Gasteiger partial charge in [-0.1, -0.05) is 32.0 Å². The van der Waals surface area contributed by atoms with Gasteiger partial charge in [0.1, 0.15) is 5.75 Å². The van der Waals surface area contributed by atoms with Crippen molar-refractivity contribution in [2.75, 3.05) is 13.2 Å². The van der Waals surface area contributed by atoms with Gasteiger partial charge < -0.3 is 15.5 Å². The molecule has 0 atom stereocenters. The summed E-state index contributed by atoms with van der Waals surface area (Å²) in [6.45, 7) is 5.95. The van der Waals surface area contributed by atoms with E-state index in [9.17, 15) is 5.11 Å². The van der Waals surface area contributed by atoms with Crippen LogP contribution in [0.15, 0.2) is 24.3 Å². The molecule has 0 fully saturated rings. The van der Waals surface area contributed by atoms with E-state index in [-0.39, 0.29) is 12.0 Å². The highest BCUT2D eigenvalue weighted by atomic mass is 16.3. The third-order valence-electron chi connectivity index (χ3n) is 2.94. The van der Waals surface area contributed by atoms with Crippen LogP contribution in [0, 0.1) is 5.41 Å². The molecule has 0 radical (unpaired) electrons. The first-order chi connectivity index (χ1) is 8.05. The Kier molecular flexibility index (Phi) is 5.45. The number of rotatable bonds is 7. The maximum Gasteiger partial charge on any atom is 0.120 e. The number of benzene rings is 1. The lowest BCUT2D eigenvalue weighted by molar-refractivity contribution is 0.148. The summed E-state index contributed by atoms with van der Waals surface area (Å²) in [5.74, 6) is 0.343. The molecule has 1 aromatic carbocycles. The van der Waals surface area contributed by atoms with Gasteiger partial charge in [-0.3, -0.25) is 0 Å². The van der Waals surface area contributed by atoms with Crippen molar-refractivity contribution in [3.8, 4) is 5.75 Å². The highest BCUT2D eigenvalue weighted by Crippen LogP contribution is 2.20. The second kappa shape index (κ2) is 6.62. The first-order valence-electron chi connectivity index (χ1n) is 6.13. The molecule has 0 spiro atoms. The van der Waals surface area contributed by atoms with Gasteiger partial charge in [0.2, 0.25) is 0 Å². The van der Waals surface area contributed by atoms with E-state index in [2.05, 4.69) is 19.2 Å². The van der Waals surface area contributed by atoms with Crippen molar-refractivity contribution >= 4 is 0 Å². The Balaban J connectivity index is 2.19. The second-order valence-corrected chi connectivity index (χ2v) is 5.23. The molecule has 17 heavy (non-hydrogen) atoms. The molecule has 3 heteroatoms. The molecule has 0 aliphatic carbocycles. The summed E-state index contributed by atoms with van der Waals surface area (Å²) < 4.78 is 0. The van der Waals surface area contributed by atoms with Crippen LogP contribution in [0.4, 0.5) is 0 Å². The molecule has 0 unspecified atom stereocenters. The van der Waals surface area contributed by atoms with Crippen molar-refractivity contribution in [1.82, 2.24) is 5.32 Å². The number of para-hydroxylation sites is 1. The van der Waals surface area contributed by atoms with Crippen LogP contribution in [0.25, 0.3) is 0 Å². The highest BCUT2D eigenvalue weighted by Gasteiger charge is 2.15. The fourth-order valence-corrected chi connectivity index (χ4v) is 1.65. The van der Waals surface area contributed by atoms with Crippen LogP contribution in [-0.4, -0.2) is 23.4 Å². The van der Waals surface area contributed by atoms with Crippen LogP contribution >= 0.6 is 0 Å². The number of hydrogen-bond acceptors (Lipinski definition) is 3. The standard InChI is InChI=1S/C14H23NO2/c1-14(2,11-16)8-5-9-15-10-12-6-3-4-7-13(12)17/h3-4,6-7,15-17H,5,8-11H2,1-2H3. The Bertz CT molecular complexity index is 337. The topological polar surface area (TPSA) is 52.5 Å². The second-order valence-electron chi connectivity index (χ2n) is 5.23. The van der Waals surface area contributed by atoms with Gasteiger partial charge in [0, 0.05) is 18.7 Å². The molecule has 3 N–H and O–H groups in total. The van der Waals surface area contributed by atoms with Gasteiger partial charge in [0.25, 0.3) is 0 Å². The number of phenolic OH excluding ortho intramolecular Hbond substituents is 1. The minimum Gasteiger partial charge on any atom is -0.508 e. The van der Waals surface area contributed by atoms with Crippen LogP contribution in [-0.2, 0) is 6.54 Å². The van der Waals surface area contributed by atoms with Crippen LogP contribution < -0.4 is 5.32 Å². The predicted octanol–water partition coefficient (Wildman–Crippen LogP) is 2.28. The Morgan fingerprint density at radius 2 is 1.94 bits per heavy atom. The van der Waals surface area contributed by atoms with Crippen LogP contribution in [0.3, 0.4) is 0 Å². The summed E-state index contributed by atoms with van der Waals surface area (Å²) >= 11 is 0. The van der Waals surface area contributed by atoms with Crippen molar-refractivity contribution in [3.05, 3.63) is 29.8 Å². The van der Waals surface area contributed by atoms with E-state index < -0.39 is 0 Å². The lowest BCUT2D eigenvalue weighted by Gasteiger charge is -2.21. The molecule has 1 rings (SSSR count). The molecule has 0 aliphatic rings. The number of aromatic hydroxyl groups is 1. The molecular formula is C14H23NO2. The molecule has 0 bridgehead atoms. The summed E-state index contributed by atoms with van der Waals surface area (Å²) in [6, 6.07) is 7.36. The Morgan fingerprint density at radius 1 is 1.24 bits per heavy atom. The van der Waals surface area contributed by atoms with Crippen molar-refractivity contribution < 1.29 is 10.2 Å². The summed E-state index contributed by atoms with van der Waals surface area (Å²) in [4.78, 5) is 0. The third-order valence-corrected chi connectivity index (χ3v) is 2.94. The minimum atomic E-state index is 0.0105. The van der Waals surface area contributed by atoms with Crippen LogP contribution in [0.2, 0.25) is 0 Å². The van der Waals surface area contributed by atoms with Gasteiger partial charge in [-0.15, -0.1) is 0 Å². The van der Waals surface area contributed by atoms with E-state index in [1.807, 2.05) is 18.2 Å². The first-order valence-corrected chi connectivity index (χ1v) is 6.13. The summed E-state index contributed by atoms with van der Waals surface area (Å²) in [7, 11) is 0. The van der Waals surface area contributed by atoms with Crippen molar-refractivity contribution in [2.24, 2.45) is 5.41 Å². The van der Waals surface area contributed by atoms with E-state index in [0.717, 1.165) is 24.9 Å². The summed E-state index contributed by atoms with van der Waals surface area (Å²) in [5, 5.41) is 22.0. The van der Waals surface area contributed by atoms with E-state index in [1.165, 1.54) is 0 Å². The number of phenols is 1. The summed E-state index contributed by atoms with van der Waals surface area (Å²) in [5.41, 5.74) is 0.935. The number of aliphatic hydroxyl groups excluding tert-OH is 1. The predicted molar refractivity (Wildman–Crippen MR) is 69.9 cm³/mol. The number of hydrogen-bond donors (Lipinski definition) is 3. The highest BCUT2D eigenvalue weighted by molar-refractivity contribution is 5.31. The van der Waals surface area contributed by atoms with Crippen molar-refractivity contribution in [3.63, 3.8) is 0 Å². The smallest absolute Gasteiger partial charge is 0.120 e. The zero-order chi connectivity index (χ0) is 12.7.